The molecule has 1 N–H and O–H groups in total. The summed E-state index contributed by atoms with van der Waals surface area (Å²) in [5.41, 5.74) is 4.78. The van der Waals surface area contributed by atoms with Crippen LogP contribution in [0.2, 0.25) is 0 Å². The maximum atomic E-state index is 13.2. The van der Waals surface area contributed by atoms with Gasteiger partial charge in [-0.3, -0.25) is 9.59 Å². The number of hydrogen-bond donors (Lipinski definition) is 1. The summed E-state index contributed by atoms with van der Waals surface area (Å²) in [7, 11) is 0. The number of nitrogens with one attached hydrogen (secondary N) is 1. The number of fused-ring (bicyclic) bond motifs is 1. The summed E-state index contributed by atoms with van der Waals surface area (Å²) in [6.45, 7) is 5.83. The van der Waals surface area contributed by atoms with Gasteiger partial charge in [0.2, 0.25) is 5.91 Å². The maximum Gasteiger partial charge on any atom is 0.226 e. The van der Waals surface area contributed by atoms with E-state index < -0.39 is 11.7 Å². The monoisotopic (exact) mass is 377 g/mol. The van der Waals surface area contributed by atoms with Crippen molar-refractivity contribution in [3.05, 3.63) is 76.2 Å². The molecule has 1 aliphatic heterocycles. The van der Waals surface area contributed by atoms with E-state index in [1.54, 1.807) is 4.68 Å². The number of nitrogens with zero attached hydrogens (tertiary/aromatic N) is 2. The first-order valence-electron chi connectivity index (χ1n) is 9.11. The van der Waals surface area contributed by atoms with E-state index in [-0.39, 0.29) is 18.1 Å². The Kier molecular flexibility index (Phi) is 4.34. The van der Waals surface area contributed by atoms with Crippen LogP contribution in [0.1, 0.15) is 45.1 Å². The lowest BCUT2D eigenvalue weighted by Gasteiger charge is -2.23. The van der Waals surface area contributed by atoms with Crippen LogP contribution in [0.5, 0.6) is 0 Å². The summed E-state index contributed by atoms with van der Waals surface area (Å²) in [4.78, 5) is 25.5. The van der Waals surface area contributed by atoms with Crippen LogP contribution in [0, 0.1) is 26.6 Å². The fourth-order valence-electron chi connectivity index (χ4n) is 3.85. The zero-order valence-electron chi connectivity index (χ0n) is 15.9. The number of anilines is 1. The van der Waals surface area contributed by atoms with Gasteiger partial charge in [0.1, 0.15) is 11.6 Å². The summed E-state index contributed by atoms with van der Waals surface area (Å²) in [6, 6.07) is 11.4. The van der Waals surface area contributed by atoms with Gasteiger partial charge in [-0.05, 0) is 68.3 Å². The quantitative estimate of drug-likeness (QED) is 0.694. The van der Waals surface area contributed by atoms with Crippen molar-refractivity contribution in [2.24, 2.45) is 0 Å². The number of ketones is 1. The van der Waals surface area contributed by atoms with Gasteiger partial charge in [0.15, 0.2) is 5.78 Å². The molecule has 28 heavy (non-hydrogen) atoms. The number of amides is 1. The fourth-order valence-corrected chi connectivity index (χ4v) is 3.85. The number of benzene rings is 2. The van der Waals surface area contributed by atoms with E-state index in [2.05, 4.69) is 16.5 Å². The van der Waals surface area contributed by atoms with Gasteiger partial charge in [-0.2, -0.15) is 5.10 Å². The first-order valence-corrected chi connectivity index (χ1v) is 9.11. The molecule has 142 valence electrons. The van der Waals surface area contributed by atoms with Gasteiger partial charge in [0.05, 0.1) is 17.3 Å². The van der Waals surface area contributed by atoms with Gasteiger partial charge in [0.25, 0.3) is 0 Å². The molecular weight excluding hydrogens is 357 g/mol. The molecule has 5 nitrogen and oxygen atoms in total. The van der Waals surface area contributed by atoms with Crippen LogP contribution in [0.15, 0.2) is 42.5 Å². The highest BCUT2D eigenvalue weighted by atomic mass is 19.1. The molecule has 3 aromatic rings. The van der Waals surface area contributed by atoms with Gasteiger partial charge >= 0.3 is 0 Å². The minimum Gasteiger partial charge on any atom is -0.310 e. The van der Waals surface area contributed by atoms with Crippen molar-refractivity contribution < 1.29 is 14.0 Å². The molecule has 2 aromatic carbocycles. The molecule has 0 saturated heterocycles. The predicted molar refractivity (Wildman–Crippen MR) is 104 cm³/mol. The Morgan fingerprint density at radius 1 is 1.11 bits per heavy atom. The molecule has 0 spiro atoms. The number of halogens is 1. The minimum absolute atomic E-state index is 0.0442. The van der Waals surface area contributed by atoms with Gasteiger partial charge in [-0.25, -0.2) is 9.07 Å². The Morgan fingerprint density at radius 3 is 2.39 bits per heavy atom. The van der Waals surface area contributed by atoms with Crippen LogP contribution in [-0.2, 0) is 4.79 Å². The molecule has 0 radical (unpaired) electrons. The fraction of sp³-hybridized carbons (Fsp3) is 0.227. The first-order chi connectivity index (χ1) is 13.3. The number of carbonyl (C=O) groups excluding carboxylic acids is 2. The Bertz CT molecular complexity index is 1080. The summed E-state index contributed by atoms with van der Waals surface area (Å²) >= 11 is 0. The molecule has 4 rings (SSSR count). The Morgan fingerprint density at radius 2 is 1.75 bits per heavy atom. The first kappa shape index (κ1) is 18.1. The largest absolute Gasteiger partial charge is 0.310 e. The maximum absolute atomic E-state index is 13.2. The molecular formula is C22H20FN3O2. The van der Waals surface area contributed by atoms with E-state index >= 15 is 0 Å². The number of carbonyl (C=O) groups is 2. The number of Topliss-reactive ketones (excluding diaryl/α,β-unsaturated/α-hetero) is 1. The third kappa shape index (κ3) is 3.11. The van der Waals surface area contributed by atoms with Crippen molar-refractivity contribution in [1.29, 1.82) is 0 Å². The standard InChI is InChI=1S/C22H20FN3O2/c1-12-8-13(2)10-17(9-12)26-22-20(14(3)25-26)18(11-19(27)24-22)21(28)15-4-6-16(23)7-5-15/h4-10,18H,11H2,1-3H3,(H,24,27). The highest BCUT2D eigenvalue weighted by Gasteiger charge is 2.36. The van der Waals surface area contributed by atoms with E-state index in [4.69, 9.17) is 0 Å². The summed E-state index contributed by atoms with van der Waals surface area (Å²) in [5, 5.41) is 7.49. The van der Waals surface area contributed by atoms with Crippen LogP contribution in [-0.4, -0.2) is 21.5 Å². The highest BCUT2D eigenvalue weighted by Crippen LogP contribution is 2.38. The molecule has 0 aliphatic carbocycles. The van der Waals surface area contributed by atoms with Crippen molar-refractivity contribution in [3.63, 3.8) is 0 Å². The minimum atomic E-state index is -0.645. The zero-order chi connectivity index (χ0) is 20.0. The Labute approximate surface area is 162 Å². The zero-order valence-corrected chi connectivity index (χ0v) is 15.9. The highest BCUT2D eigenvalue weighted by molar-refractivity contribution is 6.08. The summed E-state index contributed by atoms with van der Waals surface area (Å²) < 4.78 is 14.9. The molecule has 0 saturated carbocycles. The van der Waals surface area contributed by atoms with E-state index in [0.29, 0.717) is 22.6 Å². The lowest BCUT2D eigenvalue weighted by Crippen LogP contribution is -2.28. The third-order valence-corrected chi connectivity index (χ3v) is 5.00. The molecule has 0 bridgehead atoms. The topological polar surface area (TPSA) is 64.0 Å². The normalized spacial score (nSPS) is 15.9. The van der Waals surface area contributed by atoms with E-state index in [0.717, 1.165) is 16.8 Å². The summed E-state index contributed by atoms with van der Waals surface area (Å²) in [6.07, 6.45) is 0.0442. The van der Waals surface area contributed by atoms with Crippen molar-refractivity contribution in [2.45, 2.75) is 33.1 Å². The van der Waals surface area contributed by atoms with Crippen molar-refractivity contribution >= 4 is 17.5 Å². The predicted octanol–water partition coefficient (Wildman–Crippen LogP) is 4.25. The molecule has 1 atom stereocenters. The molecule has 1 amide bonds. The average Bonchev–Trinajstić information content (AvgIpc) is 2.97. The van der Waals surface area contributed by atoms with Crippen molar-refractivity contribution in [2.75, 3.05) is 5.32 Å². The number of rotatable bonds is 3. The van der Waals surface area contributed by atoms with Gasteiger partial charge in [0, 0.05) is 17.5 Å². The smallest absolute Gasteiger partial charge is 0.226 e. The summed E-state index contributed by atoms with van der Waals surface area (Å²) in [5.74, 6) is -0.969. The van der Waals surface area contributed by atoms with Crippen LogP contribution >= 0.6 is 0 Å². The van der Waals surface area contributed by atoms with Crippen LogP contribution < -0.4 is 5.32 Å². The van der Waals surface area contributed by atoms with E-state index in [1.165, 1.54) is 24.3 Å². The van der Waals surface area contributed by atoms with E-state index in [9.17, 15) is 14.0 Å². The van der Waals surface area contributed by atoms with Crippen LogP contribution in [0.25, 0.3) is 5.69 Å². The second kappa shape index (κ2) is 6.71. The lowest BCUT2D eigenvalue weighted by molar-refractivity contribution is -0.116. The van der Waals surface area contributed by atoms with Gasteiger partial charge in [-0.1, -0.05) is 6.07 Å². The molecule has 1 unspecified atom stereocenters. The molecule has 2 heterocycles. The van der Waals surface area contributed by atoms with E-state index in [1.807, 2.05) is 32.9 Å². The molecule has 6 heteroatoms. The van der Waals surface area contributed by atoms with Crippen molar-refractivity contribution in [3.8, 4) is 5.69 Å². The van der Waals surface area contributed by atoms with Gasteiger partial charge in [-0.15, -0.1) is 0 Å². The molecule has 1 aromatic heterocycles. The van der Waals surface area contributed by atoms with Gasteiger partial charge < -0.3 is 5.32 Å². The Balaban J connectivity index is 1.83. The SMILES string of the molecule is Cc1cc(C)cc(-n2nc(C)c3c2NC(=O)CC3C(=O)c2ccc(F)cc2)c1. The molecule has 0 fully saturated rings. The Hall–Kier alpha value is -3.28. The number of aryl methyl sites for hydroxylation is 3. The van der Waals surface area contributed by atoms with Crippen molar-refractivity contribution in [1.82, 2.24) is 9.78 Å². The number of hydrogen-bond acceptors (Lipinski definition) is 3. The number of aromatic nitrogens is 2. The second-order valence-corrected chi connectivity index (χ2v) is 7.28. The van der Waals surface area contributed by atoms with Crippen LogP contribution in [0.3, 0.4) is 0 Å². The van der Waals surface area contributed by atoms with Crippen LogP contribution in [0.4, 0.5) is 10.2 Å². The average molecular weight is 377 g/mol. The third-order valence-electron chi connectivity index (χ3n) is 5.00. The second-order valence-electron chi connectivity index (χ2n) is 7.28. The lowest BCUT2D eigenvalue weighted by atomic mass is 9.85. The molecule has 1 aliphatic rings.